The topological polar surface area (TPSA) is 81.7 Å². The van der Waals surface area contributed by atoms with Crippen LogP contribution in [0.3, 0.4) is 0 Å². The summed E-state index contributed by atoms with van der Waals surface area (Å²) >= 11 is 0. The van der Waals surface area contributed by atoms with Crippen LogP contribution >= 0.6 is 0 Å². The Balaban J connectivity index is 0.00000180. The van der Waals surface area contributed by atoms with Gasteiger partial charge in [0.15, 0.2) is 12.1 Å². The van der Waals surface area contributed by atoms with Gasteiger partial charge < -0.3 is 18.1 Å². The molecule has 0 bridgehead atoms. The Morgan fingerprint density at radius 3 is 2.68 bits per heavy atom. The lowest BCUT2D eigenvalue weighted by molar-refractivity contribution is -0.347. The van der Waals surface area contributed by atoms with Crippen molar-refractivity contribution in [2.24, 2.45) is 0 Å². The summed E-state index contributed by atoms with van der Waals surface area (Å²) in [7, 11) is 0. The third-order valence-electron chi connectivity index (χ3n) is 3.16. The van der Waals surface area contributed by atoms with Gasteiger partial charge in [0.05, 0.1) is 0 Å². The van der Waals surface area contributed by atoms with E-state index in [0.717, 1.165) is 29.8 Å². The molecule has 19 heavy (non-hydrogen) atoms. The Morgan fingerprint density at radius 2 is 1.89 bits per heavy atom. The van der Waals surface area contributed by atoms with Crippen LogP contribution in [0.1, 0.15) is 51.3 Å². The van der Waals surface area contributed by atoms with Crippen LogP contribution in [-0.4, -0.2) is 15.0 Å². The number of nitrogens with zero attached hydrogens (tertiary/aromatic N) is 2. The van der Waals surface area contributed by atoms with E-state index in [9.17, 15) is 0 Å². The predicted octanol–water partition coefficient (Wildman–Crippen LogP) is -0.739. The summed E-state index contributed by atoms with van der Waals surface area (Å²) in [6, 6.07) is 0. The van der Waals surface area contributed by atoms with Gasteiger partial charge in [0.2, 0.25) is 11.3 Å². The molecule has 2 heterocycles. The van der Waals surface area contributed by atoms with Gasteiger partial charge in [-0.15, -0.1) is 0 Å². The highest BCUT2D eigenvalue weighted by molar-refractivity contribution is 5.78. The monoisotopic (exact) mass is 283 g/mol. The SMILES string of the molecule is CCCCCCCCc1nc(N)c2[nH]c[nH+]c2n1.[Cl-]. The molecule has 106 valence electrons. The standard InChI is InChI=1S/C13H21N5.ClH/c1-2-3-4-5-6-7-8-10-17-12(14)11-13(18-10)16-9-15-11;/h9H,2-8H2,1H3,(H3,14,15,16,17,18);1H. The molecule has 4 N–H and O–H groups in total. The minimum atomic E-state index is 0. The summed E-state index contributed by atoms with van der Waals surface area (Å²) in [5.41, 5.74) is 7.46. The van der Waals surface area contributed by atoms with Crippen molar-refractivity contribution < 1.29 is 17.4 Å². The molecular formula is C13H22ClN5. The fourth-order valence-corrected chi connectivity index (χ4v) is 2.12. The second-order valence-corrected chi connectivity index (χ2v) is 4.70. The van der Waals surface area contributed by atoms with Crippen LogP contribution < -0.4 is 23.1 Å². The van der Waals surface area contributed by atoms with E-state index < -0.39 is 0 Å². The van der Waals surface area contributed by atoms with Crippen molar-refractivity contribution in [2.45, 2.75) is 51.9 Å². The van der Waals surface area contributed by atoms with Crippen LogP contribution in [0.25, 0.3) is 11.2 Å². The zero-order chi connectivity index (χ0) is 12.8. The number of hydrogen-bond donors (Lipinski definition) is 2. The molecule has 0 spiro atoms. The van der Waals surface area contributed by atoms with Gasteiger partial charge in [0, 0.05) is 6.42 Å². The largest absolute Gasteiger partial charge is 1.00 e. The Morgan fingerprint density at radius 1 is 1.16 bits per heavy atom. The lowest BCUT2D eigenvalue weighted by Crippen LogP contribution is -3.00. The number of halogens is 1. The van der Waals surface area contributed by atoms with Gasteiger partial charge in [-0.2, -0.15) is 4.98 Å². The van der Waals surface area contributed by atoms with Gasteiger partial charge in [0.25, 0.3) is 0 Å². The van der Waals surface area contributed by atoms with E-state index >= 15 is 0 Å². The number of fused-ring (bicyclic) bond motifs is 1. The number of nitrogen functional groups attached to an aromatic ring is 1. The molecular weight excluding hydrogens is 262 g/mol. The van der Waals surface area contributed by atoms with E-state index in [0.29, 0.717) is 5.82 Å². The lowest BCUT2D eigenvalue weighted by Gasteiger charge is -1.99. The highest BCUT2D eigenvalue weighted by Crippen LogP contribution is 2.13. The molecule has 0 fully saturated rings. The molecule has 0 saturated carbocycles. The van der Waals surface area contributed by atoms with Crippen molar-refractivity contribution in [1.29, 1.82) is 0 Å². The number of anilines is 1. The molecule has 0 aliphatic carbocycles. The maximum Gasteiger partial charge on any atom is 0.305 e. The first kappa shape index (κ1) is 15.7. The van der Waals surface area contributed by atoms with E-state index in [1.807, 2.05) is 0 Å². The normalized spacial score (nSPS) is 10.6. The summed E-state index contributed by atoms with van der Waals surface area (Å²) in [6.45, 7) is 2.24. The number of hydrogen-bond acceptors (Lipinski definition) is 3. The Hall–Kier alpha value is -1.36. The van der Waals surface area contributed by atoms with Crippen LogP contribution in [0.4, 0.5) is 5.82 Å². The molecule has 5 nitrogen and oxygen atoms in total. The average molecular weight is 284 g/mol. The molecule has 0 atom stereocenters. The molecule has 2 rings (SSSR count). The maximum atomic E-state index is 5.87. The summed E-state index contributed by atoms with van der Waals surface area (Å²) in [4.78, 5) is 14.8. The van der Waals surface area contributed by atoms with Gasteiger partial charge in [-0.1, -0.05) is 44.0 Å². The van der Waals surface area contributed by atoms with Gasteiger partial charge in [0.1, 0.15) is 0 Å². The minimum Gasteiger partial charge on any atom is -1.00 e. The Labute approximate surface area is 119 Å². The predicted molar refractivity (Wildman–Crippen MR) is 71.9 cm³/mol. The average Bonchev–Trinajstić information content (AvgIpc) is 2.82. The first-order valence-corrected chi connectivity index (χ1v) is 6.82. The number of aromatic amines is 2. The zero-order valence-corrected chi connectivity index (χ0v) is 12.1. The van der Waals surface area contributed by atoms with Crippen LogP contribution in [0.15, 0.2) is 6.33 Å². The molecule has 2 aromatic rings. The molecule has 0 aromatic carbocycles. The smallest absolute Gasteiger partial charge is 0.305 e. The minimum absolute atomic E-state index is 0. The Kier molecular flexibility index (Phi) is 6.56. The fourth-order valence-electron chi connectivity index (χ4n) is 2.12. The van der Waals surface area contributed by atoms with E-state index in [4.69, 9.17) is 5.73 Å². The van der Waals surface area contributed by atoms with Crippen LogP contribution in [0.5, 0.6) is 0 Å². The fraction of sp³-hybridized carbons (Fsp3) is 0.615. The van der Waals surface area contributed by atoms with E-state index in [1.54, 1.807) is 6.33 Å². The Bertz CT molecular complexity index is 497. The van der Waals surface area contributed by atoms with Crippen LogP contribution in [0, 0.1) is 0 Å². The van der Waals surface area contributed by atoms with Crippen molar-refractivity contribution in [3.63, 3.8) is 0 Å². The van der Waals surface area contributed by atoms with E-state index in [-0.39, 0.29) is 12.4 Å². The molecule has 0 radical (unpaired) electrons. The maximum absolute atomic E-state index is 5.87. The molecule has 6 heteroatoms. The zero-order valence-electron chi connectivity index (χ0n) is 11.4. The van der Waals surface area contributed by atoms with Crippen molar-refractivity contribution in [2.75, 3.05) is 5.73 Å². The lowest BCUT2D eigenvalue weighted by atomic mass is 10.1. The number of unbranched alkanes of at least 4 members (excludes halogenated alkanes) is 5. The molecule has 0 amide bonds. The van der Waals surface area contributed by atoms with Crippen LogP contribution in [-0.2, 0) is 6.42 Å². The highest BCUT2D eigenvalue weighted by Gasteiger charge is 2.12. The third kappa shape index (κ3) is 4.35. The molecule has 0 aliphatic heterocycles. The number of aromatic nitrogens is 4. The number of H-pyrrole nitrogens is 2. The summed E-state index contributed by atoms with van der Waals surface area (Å²) in [5, 5.41) is 0. The number of aryl methyl sites for hydroxylation is 1. The van der Waals surface area contributed by atoms with E-state index in [2.05, 4.69) is 26.9 Å². The van der Waals surface area contributed by atoms with Crippen LogP contribution in [0.2, 0.25) is 0 Å². The molecule has 0 unspecified atom stereocenters. The third-order valence-corrected chi connectivity index (χ3v) is 3.16. The molecule has 0 saturated heterocycles. The van der Waals surface area contributed by atoms with E-state index in [1.165, 1.54) is 32.1 Å². The number of imidazole rings is 1. The first-order chi connectivity index (χ1) is 8.81. The summed E-state index contributed by atoms with van der Waals surface area (Å²) in [5.74, 6) is 1.37. The van der Waals surface area contributed by atoms with Crippen molar-refractivity contribution in [3.05, 3.63) is 12.2 Å². The molecule has 0 aliphatic rings. The van der Waals surface area contributed by atoms with Crippen molar-refractivity contribution in [3.8, 4) is 0 Å². The van der Waals surface area contributed by atoms with Gasteiger partial charge >= 0.3 is 5.65 Å². The number of rotatable bonds is 7. The quantitative estimate of drug-likeness (QED) is 0.657. The molecule has 2 aromatic heterocycles. The highest BCUT2D eigenvalue weighted by atomic mass is 35.5. The van der Waals surface area contributed by atoms with Gasteiger partial charge in [-0.3, -0.25) is 4.98 Å². The number of nitrogens with two attached hydrogens (primary N) is 1. The summed E-state index contributed by atoms with van der Waals surface area (Å²) < 4.78 is 0. The van der Waals surface area contributed by atoms with Gasteiger partial charge in [-0.25, -0.2) is 4.98 Å². The van der Waals surface area contributed by atoms with Gasteiger partial charge in [-0.05, 0) is 6.42 Å². The van der Waals surface area contributed by atoms with Crippen molar-refractivity contribution >= 4 is 17.0 Å². The second kappa shape index (κ2) is 7.94. The first-order valence-electron chi connectivity index (χ1n) is 6.82. The number of nitrogens with one attached hydrogen (secondary N) is 2. The summed E-state index contributed by atoms with van der Waals surface area (Å²) in [6.07, 6.45) is 10.3. The second-order valence-electron chi connectivity index (χ2n) is 4.70. The van der Waals surface area contributed by atoms with Crippen molar-refractivity contribution in [1.82, 2.24) is 15.0 Å².